The molecule has 1 amide bonds. The Labute approximate surface area is 140 Å². The lowest BCUT2D eigenvalue weighted by atomic mass is 9.87. The van der Waals surface area contributed by atoms with E-state index in [4.69, 9.17) is 10.5 Å². The summed E-state index contributed by atoms with van der Waals surface area (Å²) in [4.78, 5) is 14.6. The molecule has 1 aliphatic heterocycles. The van der Waals surface area contributed by atoms with Crippen molar-refractivity contribution >= 4 is 5.91 Å². The van der Waals surface area contributed by atoms with Gasteiger partial charge in [0.1, 0.15) is 5.75 Å². The topological polar surface area (TPSA) is 55.6 Å². The zero-order chi connectivity index (χ0) is 17.2. The summed E-state index contributed by atoms with van der Waals surface area (Å²) in [6, 6.07) is 8.39. The second-order valence-corrected chi connectivity index (χ2v) is 7.70. The Kier molecular flexibility index (Phi) is 5.35. The zero-order valence-electron chi connectivity index (χ0n) is 15.0. The van der Waals surface area contributed by atoms with Gasteiger partial charge in [0, 0.05) is 18.6 Å². The number of nitrogens with two attached hydrogens (primary N) is 1. The molecule has 4 nitrogen and oxygen atoms in total. The molecular formula is C19H30N2O2. The molecule has 1 saturated heterocycles. The van der Waals surface area contributed by atoms with Crippen LogP contribution in [0.1, 0.15) is 53.0 Å². The molecule has 1 aromatic rings. The zero-order valence-corrected chi connectivity index (χ0v) is 15.0. The molecule has 1 aromatic carbocycles. The third-order valence-electron chi connectivity index (χ3n) is 4.56. The van der Waals surface area contributed by atoms with E-state index in [-0.39, 0.29) is 23.4 Å². The van der Waals surface area contributed by atoms with Gasteiger partial charge in [0.05, 0.1) is 0 Å². The minimum atomic E-state index is -0.484. The molecule has 0 radical (unpaired) electrons. The smallest absolute Gasteiger partial charge is 0.263 e. The fourth-order valence-corrected chi connectivity index (χ4v) is 3.06. The first-order chi connectivity index (χ1) is 10.7. The molecule has 128 valence electrons. The van der Waals surface area contributed by atoms with Gasteiger partial charge in [0.15, 0.2) is 6.10 Å². The van der Waals surface area contributed by atoms with Crippen molar-refractivity contribution in [2.45, 2.75) is 71.1 Å². The summed E-state index contributed by atoms with van der Waals surface area (Å²) >= 11 is 0. The number of rotatable bonds is 3. The predicted octanol–water partition coefficient (Wildman–Crippen LogP) is 3.09. The van der Waals surface area contributed by atoms with Crippen LogP contribution in [-0.2, 0) is 10.2 Å². The number of benzene rings is 1. The van der Waals surface area contributed by atoms with E-state index in [1.165, 1.54) is 5.56 Å². The van der Waals surface area contributed by atoms with Crippen LogP contribution in [0.25, 0.3) is 0 Å². The Balaban J connectivity index is 2.04. The van der Waals surface area contributed by atoms with E-state index in [0.717, 1.165) is 25.1 Å². The van der Waals surface area contributed by atoms with Gasteiger partial charge in [-0.25, -0.2) is 0 Å². The number of hydrogen-bond donors (Lipinski definition) is 1. The number of hydrogen-bond acceptors (Lipinski definition) is 3. The van der Waals surface area contributed by atoms with Gasteiger partial charge in [-0.3, -0.25) is 4.79 Å². The minimum Gasteiger partial charge on any atom is -0.481 e. The molecule has 3 unspecified atom stereocenters. The highest BCUT2D eigenvalue weighted by Gasteiger charge is 2.30. The molecule has 1 aliphatic rings. The van der Waals surface area contributed by atoms with E-state index < -0.39 is 6.10 Å². The Bertz CT molecular complexity index is 551. The SMILES string of the molecule is CC(Oc1cccc(C(C)(C)C)c1)C(=O)N1CCC(N)CC1C. The average molecular weight is 318 g/mol. The number of piperidine rings is 1. The van der Waals surface area contributed by atoms with Crippen LogP contribution < -0.4 is 10.5 Å². The number of carbonyl (C=O) groups is 1. The molecule has 0 aromatic heterocycles. The largest absolute Gasteiger partial charge is 0.481 e. The Morgan fingerprint density at radius 3 is 2.70 bits per heavy atom. The molecule has 1 fully saturated rings. The van der Waals surface area contributed by atoms with E-state index in [1.807, 2.05) is 30.0 Å². The van der Waals surface area contributed by atoms with Crippen molar-refractivity contribution in [2.75, 3.05) is 6.54 Å². The Hall–Kier alpha value is -1.55. The molecule has 0 aliphatic carbocycles. The molecule has 1 heterocycles. The molecule has 2 rings (SSSR count). The normalized spacial score (nSPS) is 23.5. The second-order valence-electron chi connectivity index (χ2n) is 7.70. The van der Waals surface area contributed by atoms with Crippen LogP contribution >= 0.6 is 0 Å². The second kappa shape index (κ2) is 6.91. The highest BCUT2D eigenvalue weighted by atomic mass is 16.5. The third kappa shape index (κ3) is 4.47. The summed E-state index contributed by atoms with van der Waals surface area (Å²) < 4.78 is 5.92. The van der Waals surface area contributed by atoms with Crippen LogP contribution in [0.4, 0.5) is 0 Å². The van der Waals surface area contributed by atoms with E-state index >= 15 is 0 Å². The maximum atomic E-state index is 12.7. The first-order valence-electron chi connectivity index (χ1n) is 8.51. The van der Waals surface area contributed by atoms with Crippen molar-refractivity contribution in [3.05, 3.63) is 29.8 Å². The monoisotopic (exact) mass is 318 g/mol. The number of nitrogens with zero attached hydrogens (tertiary/aromatic N) is 1. The van der Waals surface area contributed by atoms with Gasteiger partial charge < -0.3 is 15.4 Å². The molecular weight excluding hydrogens is 288 g/mol. The number of amides is 1. The van der Waals surface area contributed by atoms with Gasteiger partial charge in [-0.15, -0.1) is 0 Å². The van der Waals surface area contributed by atoms with Crippen LogP contribution in [0, 0.1) is 0 Å². The van der Waals surface area contributed by atoms with Crippen molar-refractivity contribution in [3.8, 4) is 5.75 Å². The van der Waals surface area contributed by atoms with Crippen LogP contribution in [0.3, 0.4) is 0 Å². The van der Waals surface area contributed by atoms with Crippen LogP contribution in [-0.4, -0.2) is 35.5 Å². The minimum absolute atomic E-state index is 0.0468. The summed E-state index contributed by atoms with van der Waals surface area (Å²) in [5.74, 6) is 0.796. The summed E-state index contributed by atoms with van der Waals surface area (Å²) in [5, 5.41) is 0. The van der Waals surface area contributed by atoms with E-state index in [9.17, 15) is 4.79 Å². The number of likely N-dealkylation sites (tertiary alicyclic amines) is 1. The maximum Gasteiger partial charge on any atom is 0.263 e. The van der Waals surface area contributed by atoms with Crippen molar-refractivity contribution in [1.82, 2.24) is 4.90 Å². The quantitative estimate of drug-likeness (QED) is 0.932. The van der Waals surface area contributed by atoms with Gasteiger partial charge in [0.2, 0.25) is 0 Å². The van der Waals surface area contributed by atoms with Gasteiger partial charge in [-0.2, -0.15) is 0 Å². The summed E-state index contributed by atoms with van der Waals surface area (Å²) in [5.41, 5.74) is 7.24. The summed E-state index contributed by atoms with van der Waals surface area (Å²) in [7, 11) is 0. The molecule has 0 spiro atoms. The maximum absolute atomic E-state index is 12.7. The van der Waals surface area contributed by atoms with Crippen molar-refractivity contribution in [1.29, 1.82) is 0 Å². The Morgan fingerprint density at radius 2 is 2.09 bits per heavy atom. The van der Waals surface area contributed by atoms with Gasteiger partial charge in [0.25, 0.3) is 5.91 Å². The predicted molar refractivity (Wildman–Crippen MR) is 93.6 cm³/mol. The lowest BCUT2D eigenvalue weighted by Gasteiger charge is -2.37. The van der Waals surface area contributed by atoms with Crippen molar-refractivity contribution in [2.24, 2.45) is 5.73 Å². The van der Waals surface area contributed by atoms with Crippen molar-refractivity contribution < 1.29 is 9.53 Å². The highest BCUT2D eigenvalue weighted by molar-refractivity contribution is 5.81. The van der Waals surface area contributed by atoms with Crippen molar-refractivity contribution in [3.63, 3.8) is 0 Å². The van der Waals surface area contributed by atoms with Crippen LogP contribution in [0.5, 0.6) is 5.75 Å². The van der Waals surface area contributed by atoms with E-state index in [0.29, 0.717) is 0 Å². The molecule has 0 bridgehead atoms. The number of carbonyl (C=O) groups excluding carboxylic acids is 1. The summed E-state index contributed by atoms with van der Waals surface area (Å²) in [6.07, 6.45) is 1.24. The summed E-state index contributed by atoms with van der Waals surface area (Å²) in [6.45, 7) is 11.1. The molecule has 3 atom stereocenters. The first-order valence-corrected chi connectivity index (χ1v) is 8.51. The molecule has 23 heavy (non-hydrogen) atoms. The average Bonchev–Trinajstić information content (AvgIpc) is 2.46. The first kappa shape index (κ1) is 17.8. The highest BCUT2D eigenvalue weighted by Crippen LogP contribution is 2.26. The lowest BCUT2D eigenvalue weighted by Crippen LogP contribution is -2.51. The fourth-order valence-electron chi connectivity index (χ4n) is 3.06. The Morgan fingerprint density at radius 1 is 1.39 bits per heavy atom. The number of ether oxygens (including phenoxy) is 1. The lowest BCUT2D eigenvalue weighted by molar-refractivity contribution is -0.141. The van der Waals surface area contributed by atoms with E-state index in [2.05, 4.69) is 33.8 Å². The van der Waals surface area contributed by atoms with E-state index in [1.54, 1.807) is 0 Å². The molecule has 4 heteroatoms. The molecule has 0 saturated carbocycles. The van der Waals surface area contributed by atoms with Crippen LogP contribution in [0.15, 0.2) is 24.3 Å². The van der Waals surface area contributed by atoms with Gasteiger partial charge in [-0.1, -0.05) is 32.9 Å². The fraction of sp³-hybridized carbons (Fsp3) is 0.632. The third-order valence-corrected chi connectivity index (χ3v) is 4.56. The van der Waals surface area contributed by atoms with Gasteiger partial charge in [-0.05, 0) is 49.8 Å². The molecule has 2 N–H and O–H groups in total. The van der Waals surface area contributed by atoms with Crippen LogP contribution in [0.2, 0.25) is 0 Å². The van der Waals surface area contributed by atoms with Gasteiger partial charge >= 0.3 is 0 Å². The standard InChI is InChI=1S/C19H30N2O2/c1-13-11-16(20)9-10-21(13)18(22)14(2)23-17-8-6-7-15(12-17)19(3,4)5/h6-8,12-14,16H,9-11,20H2,1-5H3.